The van der Waals surface area contributed by atoms with Crippen LogP contribution in [0.3, 0.4) is 0 Å². The summed E-state index contributed by atoms with van der Waals surface area (Å²) in [6, 6.07) is 3.80. The Labute approximate surface area is 70.2 Å². The van der Waals surface area contributed by atoms with E-state index in [1.165, 1.54) is 0 Å². The number of aromatic nitrogens is 1. The van der Waals surface area contributed by atoms with Gasteiger partial charge >= 0.3 is 0 Å². The van der Waals surface area contributed by atoms with Gasteiger partial charge in [-0.05, 0) is 12.1 Å². The van der Waals surface area contributed by atoms with Gasteiger partial charge in [-0.3, -0.25) is 4.98 Å². The number of nitrogens with zero attached hydrogens (tertiary/aromatic N) is 1. The van der Waals surface area contributed by atoms with Crippen LogP contribution in [-0.2, 0) is 6.42 Å². The molecule has 1 aliphatic heterocycles. The Bertz CT molecular complexity index is 239. The van der Waals surface area contributed by atoms with Crippen molar-refractivity contribution in [2.24, 2.45) is 0 Å². The van der Waals surface area contributed by atoms with E-state index >= 15 is 0 Å². The van der Waals surface area contributed by atoms with Gasteiger partial charge in [0.25, 0.3) is 0 Å². The van der Waals surface area contributed by atoms with Crippen LogP contribution in [0.4, 0.5) is 0 Å². The summed E-state index contributed by atoms with van der Waals surface area (Å²) >= 11 is 5.65. The first-order chi connectivity index (χ1) is 5.40. The minimum Gasteiger partial charge on any atom is -0.487 e. The van der Waals surface area contributed by atoms with Gasteiger partial charge in [-0.25, -0.2) is 0 Å². The summed E-state index contributed by atoms with van der Waals surface area (Å²) < 4.78 is 5.46. The molecule has 11 heavy (non-hydrogen) atoms. The number of hydrogen-bond acceptors (Lipinski definition) is 2. The van der Waals surface area contributed by atoms with Crippen LogP contribution in [0.25, 0.3) is 0 Å². The van der Waals surface area contributed by atoms with E-state index in [1.54, 1.807) is 6.20 Å². The van der Waals surface area contributed by atoms with Crippen LogP contribution in [-0.4, -0.2) is 17.0 Å². The molecule has 0 radical (unpaired) electrons. The molecule has 0 amide bonds. The first-order valence-electron chi connectivity index (χ1n) is 3.56. The molecule has 1 aromatic rings. The smallest absolute Gasteiger partial charge is 0.141 e. The molecule has 2 heterocycles. The lowest BCUT2D eigenvalue weighted by atomic mass is 10.2. The maximum Gasteiger partial charge on any atom is 0.141 e. The maximum atomic E-state index is 5.65. The molecule has 3 heteroatoms. The molecule has 2 rings (SSSR count). The van der Waals surface area contributed by atoms with Gasteiger partial charge in [-0.2, -0.15) is 0 Å². The standard InChI is InChI=1S/C8H8ClNO/c9-5-6-4-7-8(11-6)2-1-3-10-7/h1-3,6H,4-5H2. The molecule has 2 nitrogen and oxygen atoms in total. The highest BCUT2D eigenvalue weighted by Gasteiger charge is 2.22. The minimum atomic E-state index is 0.126. The minimum absolute atomic E-state index is 0.126. The Hall–Kier alpha value is -0.760. The molecule has 0 fully saturated rings. The van der Waals surface area contributed by atoms with Crippen molar-refractivity contribution in [1.29, 1.82) is 0 Å². The normalized spacial score (nSPS) is 21.0. The van der Waals surface area contributed by atoms with Crippen LogP contribution in [0.5, 0.6) is 5.75 Å². The summed E-state index contributed by atoms with van der Waals surface area (Å²) in [5.74, 6) is 1.43. The van der Waals surface area contributed by atoms with Crippen molar-refractivity contribution in [2.45, 2.75) is 12.5 Å². The molecular formula is C8H8ClNO. The summed E-state index contributed by atoms with van der Waals surface area (Å²) in [6.07, 6.45) is 2.75. The van der Waals surface area contributed by atoms with E-state index in [2.05, 4.69) is 4.98 Å². The molecule has 1 atom stereocenters. The third-order valence-electron chi connectivity index (χ3n) is 1.74. The van der Waals surface area contributed by atoms with Crippen molar-refractivity contribution in [1.82, 2.24) is 4.98 Å². The zero-order valence-corrected chi connectivity index (χ0v) is 6.71. The molecule has 0 saturated carbocycles. The van der Waals surface area contributed by atoms with Crippen molar-refractivity contribution < 1.29 is 4.74 Å². The second kappa shape index (κ2) is 2.70. The Morgan fingerprint density at radius 2 is 2.64 bits per heavy atom. The molecule has 0 aromatic carbocycles. The highest BCUT2D eigenvalue weighted by atomic mass is 35.5. The molecule has 1 aromatic heterocycles. The van der Waals surface area contributed by atoms with Crippen LogP contribution in [0.2, 0.25) is 0 Å². The summed E-state index contributed by atoms with van der Waals surface area (Å²) in [7, 11) is 0. The Kier molecular flexibility index (Phi) is 1.70. The SMILES string of the molecule is ClCC1Cc2ncccc2O1. The number of halogens is 1. The number of fused-ring (bicyclic) bond motifs is 1. The second-order valence-electron chi connectivity index (χ2n) is 2.55. The molecule has 58 valence electrons. The second-order valence-corrected chi connectivity index (χ2v) is 2.86. The highest BCUT2D eigenvalue weighted by Crippen LogP contribution is 2.26. The van der Waals surface area contributed by atoms with Crippen LogP contribution in [0.1, 0.15) is 5.69 Å². The predicted octanol–water partition coefficient (Wildman–Crippen LogP) is 1.62. The van der Waals surface area contributed by atoms with Crippen molar-refractivity contribution >= 4 is 11.6 Å². The predicted molar refractivity (Wildman–Crippen MR) is 43.1 cm³/mol. The molecule has 0 spiro atoms. The molecule has 1 unspecified atom stereocenters. The van der Waals surface area contributed by atoms with E-state index in [0.717, 1.165) is 17.9 Å². The number of ether oxygens (including phenoxy) is 1. The van der Waals surface area contributed by atoms with Gasteiger partial charge in [-0.1, -0.05) is 0 Å². The average Bonchev–Trinajstić information content (AvgIpc) is 2.46. The zero-order valence-electron chi connectivity index (χ0n) is 5.96. The number of hydrogen-bond donors (Lipinski definition) is 0. The Morgan fingerprint density at radius 1 is 1.73 bits per heavy atom. The van der Waals surface area contributed by atoms with Gasteiger partial charge in [-0.15, -0.1) is 11.6 Å². The van der Waals surface area contributed by atoms with E-state index in [9.17, 15) is 0 Å². The number of alkyl halides is 1. The zero-order chi connectivity index (χ0) is 7.68. The lowest BCUT2D eigenvalue weighted by Gasteiger charge is -2.03. The Balaban J connectivity index is 2.27. The summed E-state index contributed by atoms with van der Waals surface area (Å²) in [5.41, 5.74) is 1.03. The lowest BCUT2D eigenvalue weighted by molar-refractivity contribution is 0.258. The fourth-order valence-corrected chi connectivity index (χ4v) is 1.38. The fraction of sp³-hybridized carbons (Fsp3) is 0.375. The summed E-state index contributed by atoms with van der Waals surface area (Å²) in [4.78, 5) is 4.17. The van der Waals surface area contributed by atoms with Gasteiger partial charge < -0.3 is 4.74 Å². The fourth-order valence-electron chi connectivity index (χ4n) is 1.21. The number of pyridine rings is 1. The summed E-state index contributed by atoms with van der Waals surface area (Å²) in [5, 5.41) is 0. The first-order valence-corrected chi connectivity index (χ1v) is 4.10. The molecule has 0 saturated heterocycles. The van der Waals surface area contributed by atoms with Gasteiger partial charge in [0.05, 0.1) is 11.6 Å². The van der Waals surface area contributed by atoms with Crippen LogP contribution >= 0.6 is 11.6 Å². The first kappa shape index (κ1) is 6.92. The molecule has 0 N–H and O–H groups in total. The monoisotopic (exact) mass is 169 g/mol. The van der Waals surface area contributed by atoms with Crippen LogP contribution in [0, 0.1) is 0 Å². The largest absolute Gasteiger partial charge is 0.487 e. The van der Waals surface area contributed by atoms with Crippen molar-refractivity contribution in [2.75, 3.05) is 5.88 Å². The number of rotatable bonds is 1. The highest BCUT2D eigenvalue weighted by molar-refractivity contribution is 6.18. The molecular weight excluding hydrogens is 162 g/mol. The quantitative estimate of drug-likeness (QED) is 0.597. The lowest BCUT2D eigenvalue weighted by Crippen LogP contribution is -2.14. The Morgan fingerprint density at radius 3 is 3.36 bits per heavy atom. The molecule has 1 aliphatic rings. The van der Waals surface area contributed by atoms with E-state index in [1.807, 2.05) is 12.1 Å². The topological polar surface area (TPSA) is 22.1 Å². The van der Waals surface area contributed by atoms with Crippen LogP contribution < -0.4 is 4.74 Å². The molecule has 0 aliphatic carbocycles. The van der Waals surface area contributed by atoms with Gasteiger partial charge in [0.1, 0.15) is 11.9 Å². The van der Waals surface area contributed by atoms with Crippen molar-refractivity contribution in [3.05, 3.63) is 24.0 Å². The third-order valence-corrected chi connectivity index (χ3v) is 2.08. The van der Waals surface area contributed by atoms with Gasteiger partial charge in [0.15, 0.2) is 0 Å². The maximum absolute atomic E-state index is 5.65. The van der Waals surface area contributed by atoms with E-state index in [-0.39, 0.29) is 6.10 Å². The van der Waals surface area contributed by atoms with E-state index in [0.29, 0.717) is 5.88 Å². The van der Waals surface area contributed by atoms with Crippen LogP contribution in [0.15, 0.2) is 18.3 Å². The van der Waals surface area contributed by atoms with Gasteiger partial charge in [0.2, 0.25) is 0 Å². The molecule has 0 bridgehead atoms. The van der Waals surface area contributed by atoms with Crippen molar-refractivity contribution in [3.63, 3.8) is 0 Å². The van der Waals surface area contributed by atoms with E-state index in [4.69, 9.17) is 16.3 Å². The van der Waals surface area contributed by atoms with Crippen molar-refractivity contribution in [3.8, 4) is 5.75 Å². The van der Waals surface area contributed by atoms with Gasteiger partial charge in [0, 0.05) is 12.6 Å². The van der Waals surface area contributed by atoms with E-state index < -0.39 is 0 Å². The average molecular weight is 170 g/mol. The summed E-state index contributed by atoms with van der Waals surface area (Å²) in [6.45, 7) is 0. The third kappa shape index (κ3) is 1.18.